The largest absolute Gasteiger partial charge is 0.274 e. The summed E-state index contributed by atoms with van der Waals surface area (Å²) < 4.78 is 2.99. The Balaban J connectivity index is 2.27. The van der Waals surface area contributed by atoms with E-state index in [0.29, 0.717) is 30.0 Å². The Labute approximate surface area is 119 Å². The number of rotatable bonds is 4. The third kappa shape index (κ3) is 2.18. The summed E-state index contributed by atoms with van der Waals surface area (Å²) >= 11 is 5.69. The van der Waals surface area contributed by atoms with Crippen LogP contribution in [0.5, 0.6) is 0 Å². The van der Waals surface area contributed by atoms with Crippen molar-refractivity contribution < 1.29 is 0 Å². The van der Waals surface area contributed by atoms with E-state index in [1.165, 1.54) is 11.0 Å². The topological polar surface area (TPSA) is 65.6 Å². The monoisotopic (exact) mass is 289 g/mol. The molecule has 0 amide bonds. The highest BCUT2D eigenvalue weighted by Gasteiger charge is 2.11. The van der Waals surface area contributed by atoms with Crippen LogP contribution in [-0.4, -0.2) is 30.4 Å². The number of nitrogens with zero attached hydrogens (tertiary/aromatic N) is 5. The average molecular weight is 290 g/mol. The zero-order valence-electron chi connectivity index (χ0n) is 10.6. The van der Waals surface area contributed by atoms with Gasteiger partial charge in [-0.25, -0.2) is 14.3 Å². The van der Waals surface area contributed by atoms with Gasteiger partial charge in [-0.2, -0.15) is 5.10 Å². The van der Waals surface area contributed by atoms with Crippen molar-refractivity contribution >= 4 is 22.4 Å². The summed E-state index contributed by atoms with van der Waals surface area (Å²) in [7, 11) is 0. The number of hydrogen-bond donors (Lipinski definition) is 0. The fourth-order valence-electron chi connectivity index (χ4n) is 2.07. The lowest BCUT2D eigenvalue weighted by atomic mass is 10.2. The summed E-state index contributed by atoms with van der Waals surface area (Å²) in [6.07, 6.45) is 3.68. The number of aryl methyl sites for hydroxylation is 1. The maximum Gasteiger partial charge on any atom is 0.274 e. The van der Waals surface area contributed by atoms with Crippen LogP contribution in [0, 0.1) is 0 Å². The second-order valence-electron chi connectivity index (χ2n) is 4.28. The molecule has 0 aliphatic carbocycles. The van der Waals surface area contributed by atoms with Crippen molar-refractivity contribution in [2.45, 2.75) is 13.0 Å². The normalized spacial score (nSPS) is 11.1. The number of hydrogen-bond acceptors (Lipinski definition) is 4. The van der Waals surface area contributed by atoms with Crippen LogP contribution in [-0.2, 0) is 6.54 Å². The Morgan fingerprint density at radius 2 is 2.00 bits per heavy atom. The van der Waals surface area contributed by atoms with Gasteiger partial charge < -0.3 is 0 Å². The quantitative estimate of drug-likeness (QED) is 0.684. The molecule has 0 spiro atoms. The smallest absolute Gasteiger partial charge is 0.267 e. The van der Waals surface area contributed by atoms with Gasteiger partial charge in [0.1, 0.15) is 12.7 Å². The molecule has 0 aliphatic rings. The molecule has 7 heteroatoms. The molecule has 0 aliphatic heterocycles. The molecule has 0 saturated carbocycles. The molecule has 0 atom stereocenters. The van der Waals surface area contributed by atoms with Crippen molar-refractivity contribution in [2.24, 2.45) is 0 Å². The first-order chi connectivity index (χ1) is 9.81. The molecule has 6 nitrogen and oxygen atoms in total. The predicted octanol–water partition coefficient (Wildman–Crippen LogP) is 1.61. The highest BCUT2D eigenvalue weighted by Crippen LogP contribution is 2.16. The first-order valence-electron chi connectivity index (χ1n) is 6.22. The van der Waals surface area contributed by atoms with Crippen molar-refractivity contribution in [3.8, 4) is 5.82 Å². The highest BCUT2D eigenvalue weighted by atomic mass is 35.5. The summed E-state index contributed by atoms with van der Waals surface area (Å²) in [5, 5.41) is 9.84. The lowest BCUT2D eigenvalue weighted by Crippen LogP contribution is -2.25. The van der Waals surface area contributed by atoms with Crippen LogP contribution in [0.3, 0.4) is 0 Å². The summed E-state index contributed by atoms with van der Waals surface area (Å²) in [6, 6.07) is 7.34. The second kappa shape index (κ2) is 5.42. The van der Waals surface area contributed by atoms with E-state index in [9.17, 15) is 4.79 Å². The second-order valence-corrected chi connectivity index (χ2v) is 4.66. The Morgan fingerprint density at radius 3 is 2.70 bits per heavy atom. The molecule has 0 radical (unpaired) electrons. The molecule has 20 heavy (non-hydrogen) atoms. The Kier molecular flexibility index (Phi) is 3.47. The molecule has 0 N–H and O–H groups in total. The molecule has 0 saturated heterocycles. The maximum atomic E-state index is 12.4. The van der Waals surface area contributed by atoms with E-state index in [1.54, 1.807) is 17.1 Å². The number of halogens is 1. The van der Waals surface area contributed by atoms with Crippen molar-refractivity contribution in [1.29, 1.82) is 0 Å². The Hall–Kier alpha value is -2.21. The first-order valence-corrected chi connectivity index (χ1v) is 6.75. The molecule has 2 heterocycles. The highest BCUT2D eigenvalue weighted by molar-refractivity contribution is 6.17. The van der Waals surface area contributed by atoms with Crippen LogP contribution < -0.4 is 5.56 Å². The summed E-state index contributed by atoms with van der Waals surface area (Å²) in [5.41, 5.74) is -0.116. The number of fused-ring (bicyclic) bond motifs is 1. The minimum atomic E-state index is -0.116. The molecule has 1 aromatic carbocycles. The lowest BCUT2D eigenvalue weighted by Gasteiger charge is -2.09. The van der Waals surface area contributed by atoms with Gasteiger partial charge in [-0.3, -0.25) is 4.79 Å². The number of aromatic nitrogens is 5. The predicted molar refractivity (Wildman–Crippen MR) is 76.3 cm³/mol. The molecule has 102 valence electrons. The summed E-state index contributed by atoms with van der Waals surface area (Å²) in [4.78, 5) is 16.3. The van der Waals surface area contributed by atoms with E-state index < -0.39 is 0 Å². The zero-order valence-corrected chi connectivity index (χ0v) is 11.4. The SMILES string of the molecule is O=c1c2ccccc2c(-n2cncn2)nn1CCCCl. The third-order valence-electron chi connectivity index (χ3n) is 2.99. The molecular weight excluding hydrogens is 278 g/mol. The Bertz CT molecular complexity index is 781. The van der Waals surface area contributed by atoms with Gasteiger partial charge in [-0.05, 0) is 12.5 Å². The van der Waals surface area contributed by atoms with Crippen LogP contribution in [0.25, 0.3) is 16.6 Å². The van der Waals surface area contributed by atoms with Crippen molar-refractivity contribution in [3.63, 3.8) is 0 Å². The van der Waals surface area contributed by atoms with Gasteiger partial charge in [0.2, 0.25) is 0 Å². The van der Waals surface area contributed by atoms with Gasteiger partial charge in [0.05, 0.1) is 5.39 Å². The van der Waals surface area contributed by atoms with E-state index in [0.717, 1.165) is 5.39 Å². The van der Waals surface area contributed by atoms with E-state index in [4.69, 9.17) is 11.6 Å². The lowest BCUT2D eigenvalue weighted by molar-refractivity contribution is 0.565. The molecule has 3 rings (SSSR count). The van der Waals surface area contributed by atoms with Crippen molar-refractivity contribution in [1.82, 2.24) is 24.5 Å². The van der Waals surface area contributed by atoms with Gasteiger partial charge in [0, 0.05) is 17.8 Å². The molecule has 0 bridgehead atoms. The standard InChI is InChI=1S/C13H12ClN5O/c14-6-3-7-18-13(20)11-5-2-1-4-10(11)12(17-18)19-9-15-8-16-19/h1-2,4-5,8-9H,3,6-7H2. The zero-order chi connectivity index (χ0) is 13.9. The van der Waals surface area contributed by atoms with Crippen LogP contribution in [0.1, 0.15) is 6.42 Å². The fraction of sp³-hybridized carbons (Fsp3) is 0.231. The van der Waals surface area contributed by atoms with Gasteiger partial charge in [-0.15, -0.1) is 16.7 Å². The summed E-state index contributed by atoms with van der Waals surface area (Å²) in [6.45, 7) is 0.481. The van der Waals surface area contributed by atoms with Gasteiger partial charge >= 0.3 is 0 Å². The molecule has 0 unspecified atom stereocenters. The maximum absolute atomic E-state index is 12.4. The van der Waals surface area contributed by atoms with E-state index in [2.05, 4.69) is 15.2 Å². The van der Waals surface area contributed by atoms with E-state index in [-0.39, 0.29) is 5.56 Å². The van der Waals surface area contributed by atoms with Gasteiger partial charge in [0.15, 0.2) is 5.82 Å². The van der Waals surface area contributed by atoms with Crippen LogP contribution >= 0.6 is 11.6 Å². The molecule has 3 aromatic rings. The number of benzene rings is 1. The van der Waals surface area contributed by atoms with Crippen molar-refractivity contribution in [3.05, 3.63) is 47.3 Å². The Morgan fingerprint density at radius 1 is 1.20 bits per heavy atom. The van der Waals surface area contributed by atoms with Crippen LogP contribution in [0.4, 0.5) is 0 Å². The molecule has 2 aromatic heterocycles. The van der Waals surface area contributed by atoms with E-state index >= 15 is 0 Å². The van der Waals surface area contributed by atoms with Crippen LogP contribution in [0.15, 0.2) is 41.7 Å². The third-order valence-corrected chi connectivity index (χ3v) is 3.25. The van der Waals surface area contributed by atoms with Gasteiger partial charge in [0.25, 0.3) is 5.56 Å². The van der Waals surface area contributed by atoms with Crippen molar-refractivity contribution in [2.75, 3.05) is 5.88 Å². The average Bonchev–Trinajstić information content (AvgIpc) is 3.01. The number of alkyl halides is 1. The van der Waals surface area contributed by atoms with Gasteiger partial charge in [-0.1, -0.05) is 18.2 Å². The summed E-state index contributed by atoms with van der Waals surface area (Å²) in [5.74, 6) is 1.08. The molecular formula is C13H12ClN5O. The molecule has 0 fully saturated rings. The minimum Gasteiger partial charge on any atom is -0.267 e. The van der Waals surface area contributed by atoms with Crippen LogP contribution in [0.2, 0.25) is 0 Å². The van der Waals surface area contributed by atoms with E-state index in [1.807, 2.05) is 18.2 Å². The fourth-order valence-corrected chi connectivity index (χ4v) is 2.18. The minimum absolute atomic E-state index is 0.116. The first kappa shape index (κ1) is 12.8.